The molecule has 0 amide bonds. The molecule has 0 atom stereocenters. The van der Waals surface area contributed by atoms with Gasteiger partial charge in [-0.05, 0) is 43.5 Å². The van der Waals surface area contributed by atoms with Crippen molar-refractivity contribution in [2.75, 3.05) is 11.9 Å². The van der Waals surface area contributed by atoms with Crippen LogP contribution < -0.4 is 5.32 Å². The fourth-order valence-corrected chi connectivity index (χ4v) is 2.13. The van der Waals surface area contributed by atoms with Crippen molar-refractivity contribution in [2.45, 2.75) is 40.0 Å². The second-order valence-corrected chi connectivity index (χ2v) is 5.20. The van der Waals surface area contributed by atoms with Crippen LogP contribution >= 0.6 is 0 Å². The second kappa shape index (κ2) is 7.16. The molecule has 1 aromatic carbocycles. The van der Waals surface area contributed by atoms with E-state index in [9.17, 15) is 4.39 Å². The van der Waals surface area contributed by atoms with E-state index >= 15 is 0 Å². The summed E-state index contributed by atoms with van der Waals surface area (Å²) in [6.07, 6.45) is 2.88. The zero-order valence-electron chi connectivity index (χ0n) is 12.9. The van der Waals surface area contributed by atoms with Crippen molar-refractivity contribution in [1.29, 1.82) is 0 Å². The minimum absolute atomic E-state index is 0.189. The number of anilines is 1. The molecule has 2 aromatic rings. The average Bonchev–Trinajstić information content (AvgIpc) is 2.48. The Hall–Kier alpha value is -1.97. The highest BCUT2D eigenvalue weighted by Gasteiger charge is 2.08. The number of rotatable bonds is 6. The highest BCUT2D eigenvalue weighted by atomic mass is 19.1. The highest BCUT2D eigenvalue weighted by molar-refractivity contribution is 5.63. The van der Waals surface area contributed by atoms with E-state index in [1.54, 1.807) is 13.0 Å². The maximum absolute atomic E-state index is 13.4. The first-order valence-corrected chi connectivity index (χ1v) is 7.52. The lowest BCUT2D eigenvalue weighted by Crippen LogP contribution is -2.06. The van der Waals surface area contributed by atoms with Crippen molar-refractivity contribution in [1.82, 2.24) is 9.97 Å². The number of benzene rings is 1. The van der Waals surface area contributed by atoms with Crippen molar-refractivity contribution in [3.63, 3.8) is 0 Å². The predicted octanol–water partition coefficient (Wildman–Crippen LogP) is 4.37. The van der Waals surface area contributed by atoms with E-state index < -0.39 is 0 Å². The van der Waals surface area contributed by atoms with Crippen molar-refractivity contribution >= 4 is 5.82 Å². The lowest BCUT2D eigenvalue weighted by molar-refractivity contribution is 0.618. The van der Waals surface area contributed by atoms with Crippen LogP contribution in [0.5, 0.6) is 0 Å². The van der Waals surface area contributed by atoms with E-state index in [0.717, 1.165) is 48.7 Å². The number of hydrogen-bond acceptors (Lipinski definition) is 3. The van der Waals surface area contributed by atoms with Crippen LogP contribution in [-0.2, 0) is 6.42 Å². The van der Waals surface area contributed by atoms with Gasteiger partial charge in [-0.15, -0.1) is 0 Å². The van der Waals surface area contributed by atoms with Gasteiger partial charge in [0.1, 0.15) is 17.5 Å². The molecule has 0 radical (unpaired) electrons. The third-order valence-electron chi connectivity index (χ3n) is 3.26. The van der Waals surface area contributed by atoms with Crippen molar-refractivity contribution in [3.05, 3.63) is 41.5 Å². The number of nitrogens with one attached hydrogen (secondary N) is 1. The molecular formula is C17H22FN3. The van der Waals surface area contributed by atoms with E-state index in [0.29, 0.717) is 5.56 Å². The van der Waals surface area contributed by atoms with Crippen LogP contribution in [0.4, 0.5) is 10.2 Å². The molecule has 4 heteroatoms. The molecule has 1 aromatic heterocycles. The second-order valence-electron chi connectivity index (χ2n) is 5.20. The van der Waals surface area contributed by atoms with E-state index in [-0.39, 0.29) is 5.82 Å². The highest BCUT2D eigenvalue weighted by Crippen LogP contribution is 2.22. The molecule has 112 valence electrons. The normalized spacial score (nSPS) is 10.7. The molecule has 1 N–H and O–H groups in total. The molecule has 0 aliphatic heterocycles. The van der Waals surface area contributed by atoms with Gasteiger partial charge in [-0.2, -0.15) is 0 Å². The van der Waals surface area contributed by atoms with Crippen LogP contribution in [0.1, 0.15) is 38.1 Å². The van der Waals surface area contributed by atoms with Crippen LogP contribution in [0.2, 0.25) is 0 Å². The van der Waals surface area contributed by atoms with Crippen LogP contribution in [0.25, 0.3) is 11.3 Å². The summed E-state index contributed by atoms with van der Waals surface area (Å²) < 4.78 is 13.4. The predicted molar refractivity (Wildman–Crippen MR) is 84.9 cm³/mol. The Morgan fingerprint density at radius 1 is 1.10 bits per heavy atom. The molecule has 1 heterocycles. The molecule has 0 bridgehead atoms. The molecule has 0 saturated heterocycles. The number of halogens is 1. The first-order valence-electron chi connectivity index (χ1n) is 7.52. The Bertz CT molecular complexity index is 611. The van der Waals surface area contributed by atoms with Crippen LogP contribution in [-0.4, -0.2) is 16.5 Å². The van der Waals surface area contributed by atoms with Gasteiger partial charge in [-0.1, -0.05) is 13.8 Å². The van der Waals surface area contributed by atoms with Gasteiger partial charge >= 0.3 is 0 Å². The number of aromatic nitrogens is 2. The average molecular weight is 287 g/mol. The van der Waals surface area contributed by atoms with Gasteiger partial charge in [0, 0.05) is 24.6 Å². The molecule has 2 rings (SSSR count). The van der Waals surface area contributed by atoms with Gasteiger partial charge in [0.15, 0.2) is 0 Å². The quantitative estimate of drug-likeness (QED) is 0.857. The molecule has 0 spiro atoms. The zero-order valence-corrected chi connectivity index (χ0v) is 12.9. The summed E-state index contributed by atoms with van der Waals surface area (Å²) in [5.74, 6) is 1.48. The summed E-state index contributed by atoms with van der Waals surface area (Å²) in [7, 11) is 0. The van der Waals surface area contributed by atoms with Crippen LogP contribution in [0.15, 0.2) is 24.3 Å². The summed E-state index contributed by atoms with van der Waals surface area (Å²) in [4.78, 5) is 9.13. The lowest BCUT2D eigenvalue weighted by Gasteiger charge is -2.10. The Labute approximate surface area is 125 Å². The first-order chi connectivity index (χ1) is 10.1. The Morgan fingerprint density at radius 2 is 1.90 bits per heavy atom. The number of aryl methyl sites for hydroxylation is 2. The summed E-state index contributed by atoms with van der Waals surface area (Å²) in [6.45, 7) is 6.87. The van der Waals surface area contributed by atoms with Crippen molar-refractivity contribution in [2.24, 2.45) is 0 Å². The SMILES string of the molecule is CCCNc1cc(-c2ccc(F)c(C)c2)nc(CCC)n1. The maximum Gasteiger partial charge on any atom is 0.131 e. The number of nitrogens with zero attached hydrogens (tertiary/aromatic N) is 2. The fourth-order valence-electron chi connectivity index (χ4n) is 2.13. The van der Waals surface area contributed by atoms with Gasteiger partial charge in [0.2, 0.25) is 0 Å². The Kier molecular flexibility index (Phi) is 5.26. The molecule has 0 aliphatic carbocycles. The first kappa shape index (κ1) is 15.4. The fraction of sp³-hybridized carbons (Fsp3) is 0.412. The van der Waals surface area contributed by atoms with Crippen molar-refractivity contribution in [3.8, 4) is 11.3 Å². The molecule has 3 nitrogen and oxygen atoms in total. The van der Waals surface area contributed by atoms with E-state index in [4.69, 9.17) is 0 Å². The smallest absolute Gasteiger partial charge is 0.131 e. The van der Waals surface area contributed by atoms with Gasteiger partial charge in [-0.25, -0.2) is 14.4 Å². The third kappa shape index (κ3) is 4.00. The summed E-state index contributed by atoms with van der Waals surface area (Å²) in [6, 6.07) is 7.02. The minimum atomic E-state index is -0.189. The monoisotopic (exact) mass is 287 g/mol. The lowest BCUT2D eigenvalue weighted by atomic mass is 10.1. The minimum Gasteiger partial charge on any atom is -0.370 e. The van der Waals surface area contributed by atoms with Gasteiger partial charge in [0.05, 0.1) is 5.69 Å². The third-order valence-corrected chi connectivity index (χ3v) is 3.26. The van der Waals surface area contributed by atoms with E-state index in [2.05, 4.69) is 29.1 Å². The molecule has 0 unspecified atom stereocenters. The molecule has 0 saturated carbocycles. The van der Waals surface area contributed by atoms with Crippen LogP contribution in [0, 0.1) is 12.7 Å². The summed E-state index contributed by atoms with van der Waals surface area (Å²) >= 11 is 0. The molecule has 0 fully saturated rings. The largest absolute Gasteiger partial charge is 0.370 e. The van der Waals surface area contributed by atoms with Gasteiger partial charge in [0.25, 0.3) is 0 Å². The number of hydrogen-bond donors (Lipinski definition) is 1. The van der Waals surface area contributed by atoms with Gasteiger partial charge < -0.3 is 5.32 Å². The summed E-state index contributed by atoms with van der Waals surface area (Å²) in [5.41, 5.74) is 2.40. The standard InChI is InChI=1S/C17H22FN3/c1-4-6-16-20-15(11-17(21-16)19-9-5-2)13-7-8-14(18)12(3)10-13/h7-8,10-11H,4-6,9H2,1-3H3,(H,19,20,21). The zero-order chi connectivity index (χ0) is 15.2. The van der Waals surface area contributed by atoms with Crippen LogP contribution in [0.3, 0.4) is 0 Å². The Morgan fingerprint density at radius 3 is 2.57 bits per heavy atom. The van der Waals surface area contributed by atoms with Gasteiger partial charge in [-0.3, -0.25) is 0 Å². The molecule has 21 heavy (non-hydrogen) atoms. The van der Waals surface area contributed by atoms with E-state index in [1.165, 1.54) is 6.07 Å². The topological polar surface area (TPSA) is 37.8 Å². The Balaban J connectivity index is 2.40. The van der Waals surface area contributed by atoms with E-state index in [1.807, 2.05) is 12.1 Å². The molecule has 0 aliphatic rings. The maximum atomic E-state index is 13.4. The summed E-state index contributed by atoms with van der Waals surface area (Å²) in [5, 5.41) is 3.30. The van der Waals surface area contributed by atoms with Crippen molar-refractivity contribution < 1.29 is 4.39 Å². The molecular weight excluding hydrogens is 265 g/mol.